The fourth-order valence-electron chi connectivity index (χ4n) is 1.98. The Balaban J connectivity index is 0.00000324. The predicted molar refractivity (Wildman–Crippen MR) is 78.4 cm³/mol. The van der Waals surface area contributed by atoms with Crippen molar-refractivity contribution >= 4 is 24.2 Å². The molecule has 0 aliphatic carbocycles. The van der Waals surface area contributed by atoms with Crippen LogP contribution in [0.3, 0.4) is 0 Å². The van der Waals surface area contributed by atoms with Crippen LogP contribution in [0.5, 0.6) is 0 Å². The number of piperidine rings is 1. The number of carbonyl (C=O) groups is 2. The molecule has 1 heterocycles. The summed E-state index contributed by atoms with van der Waals surface area (Å²) < 4.78 is 0. The van der Waals surface area contributed by atoms with Crippen molar-refractivity contribution in [3.63, 3.8) is 0 Å². The summed E-state index contributed by atoms with van der Waals surface area (Å²) >= 11 is 0. The van der Waals surface area contributed by atoms with E-state index in [9.17, 15) is 9.59 Å². The quantitative estimate of drug-likeness (QED) is 0.718. The number of carbonyl (C=O) groups excluding carboxylic acids is 2. The highest BCUT2D eigenvalue weighted by Gasteiger charge is 2.18. The number of halogens is 1. The Hall–Kier alpha value is -0.810. The molecule has 1 aliphatic rings. The maximum Gasteiger partial charge on any atom is 0.239 e. The minimum atomic E-state index is -0.106. The molecule has 1 atom stereocenters. The van der Waals surface area contributed by atoms with Gasteiger partial charge in [0, 0.05) is 19.0 Å². The van der Waals surface area contributed by atoms with Crippen molar-refractivity contribution in [1.82, 2.24) is 16.0 Å². The lowest BCUT2D eigenvalue weighted by molar-refractivity contribution is -0.127. The SMILES string of the molecule is CC(C)(C)CC(=O)NCC(=O)N[C@H]1CCCNC1.Cl. The summed E-state index contributed by atoms with van der Waals surface area (Å²) in [6.45, 7) is 7.92. The van der Waals surface area contributed by atoms with E-state index in [-0.39, 0.29) is 42.2 Å². The summed E-state index contributed by atoms with van der Waals surface area (Å²) in [4.78, 5) is 23.2. The molecule has 0 radical (unpaired) electrons. The molecular weight excluding hydrogens is 266 g/mol. The van der Waals surface area contributed by atoms with E-state index < -0.39 is 0 Å². The largest absolute Gasteiger partial charge is 0.351 e. The summed E-state index contributed by atoms with van der Waals surface area (Å²) in [5.41, 5.74) is -0.0478. The van der Waals surface area contributed by atoms with Gasteiger partial charge in [0.05, 0.1) is 6.54 Å². The van der Waals surface area contributed by atoms with E-state index >= 15 is 0 Å². The standard InChI is InChI=1S/C13H25N3O2.ClH/c1-13(2,3)7-11(17)15-9-12(18)16-10-5-4-6-14-8-10;/h10,14H,4-9H2,1-3H3,(H,15,17)(H,16,18);1H/t10-;/m0./s1. The molecular formula is C13H26ClN3O2. The maximum atomic E-state index is 11.6. The van der Waals surface area contributed by atoms with Crippen molar-refractivity contribution in [2.24, 2.45) is 5.41 Å². The Morgan fingerprint density at radius 3 is 2.47 bits per heavy atom. The Morgan fingerprint density at radius 2 is 1.95 bits per heavy atom. The minimum Gasteiger partial charge on any atom is -0.351 e. The van der Waals surface area contributed by atoms with Gasteiger partial charge in [0.25, 0.3) is 0 Å². The van der Waals surface area contributed by atoms with Gasteiger partial charge in [0.2, 0.25) is 11.8 Å². The summed E-state index contributed by atoms with van der Waals surface area (Å²) in [6.07, 6.45) is 2.53. The molecule has 0 bridgehead atoms. The van der Waals surface area contributed by atoms with Crippen molar-refractivity contribution < 1.29 is 9.59 Å². The second-order valence-corrected chi connectivity index (χ2v) is 6.12. The molecule has 0 saturated carbocycles. The van der Waals surface area contributed by atoms with Gasteiger partial charge in [-0.3, -0.25) is 9.59 Å². The van der Waals surface area contributed by atoms with Gasteiger partial charge in [-0.25, -0.2) is 0 Å². The summed E-state index contributed by atoms with van der Waals surface area (Å²) in [5, 5.41) is 8.81. The molecule has 0 aromatic carbocycles. The van der Waals surface area contributed by atoms with Crippen molar-refractivity contribution in [2.75, 3.05) is 19.6 Å². The van der Waals surface area contributed by atoms with Gasteiger partial charge < -0.3 is 16.0 Å². The Morgan fingerprint density at radius 1 is 1.26 bits per heavy atom. The van der Waals surface area contributed by atoms with Crippen LogP contribution in [-0.2, 0) is 9.59 Å². The molecule has 0 unspecified atom stereocenters. The van der Waals surface area contributed by atoms with Crippen LogP contribution in [0, 0.1) is 5.41 Å². The fourth-order valence-corrected chi connectivity index (χ4v) is 1.98. The van der Waals surface area contributed by atoms with Gasteiger partial charge in [0.1, 0.15) is 0 Å². The van der Waals surface area contributed by atoms with E-state index in [0.29, 0.717) is 6.42 Å². The zero-order chi connectivity index (χ0) is 13.6. The van der Waals surface area contributed by atoms with Crippen molar-refractivity contribution in [3.8, 4) is 0 Å². The predicted octanol–water partition coefficient (Wildman–Crippen LogP) is 0.829. The monoisotopic (exact) mass is 291 g/mol. The third-order valence-corrected chi connectivity index (χ3v) is 2.80. The van der Waals surface area contributed by atoms with E-state index in [2.05, 4.69) is 16.0 Å². The van der Waals surface area contributed by atoms with E-state index in [1.54, 1.807) is 0 Å². The maximum absolute atomic E-state index is 11.6. The Kier molecular flexibility index (Phi) is 8.02. The van der Waals surface area contributed by atoms with Crippen LogP contribution in [0.15, 0.2) is 0 Å². The molecule has 0 aromatic rings. The van der Waals surface area contributed by atoms with Gasteiger partial charge >= 0.3 is 0 Å². The van der Waals surface area contributed by atoms with E-state index in [1.807, 2.05) is 20.8 Å². The molecule has 3 N–H and O–H groups in total. The van der Waals surface area contributed by atoms with Gasteiger partial charge in [-0.15, -0.1) is 12.4 Å². The number of hydrogen-bond acceptors (Lipinski definition) is 3. The van der Waals surface area contributed by atoms with Crippen molar-refractivity contribution in [3.05, 3.63) is 0 Å². The highest BCUT2D eigenvalue weighted by atomic mass is 35.5. The first-order valence-electron chi connectivity index (χ1n) is 6.63. The Labute approximate surface area is 121 Å². The Bertz CT molecular complexity index is 297. The zero-order valence-electron chi connectivity index (χ0n) is 12.0. The number of amides is 2. The van der Waals surface area contributed by atoms with Crippen LogP contribution >= 0.6 is 12.4 Å². The fraction of sp³-hybridized carbons (Fsp3) is 0.846. The minimum absolute atomic E-state index is 0. The van der Waals surface area contributed by atoms with Gasteiger partial charge in [0.15, 0.2) is 0 Å². The topological polar surface area (TPSA) is 70.2 Å². The van der Waals surface area contributed by atoms with E-state index in [1.165, 1.54) is 0 Å². The van der Waals surface area contributed by atoms with Crippen LogP contribution in [-0.4, -0.2) is 37.5 Å². The van der Waals surface area contributed by atoms with Gasteiger partial charge in [-0.05, 0) is 24.8 Å². The third-order valence-electron chi connectivity index (χ3n) is 2.80. The average Bonchev–Trinajstić information content (AvgIpc) is 2.25. The molecule has 1 fully saturated rings. The lowest BCUT2D eigenvalue weighted by atomic mass is 9.92. The third kappa shape index (κ3) is 8.83. The molecule has 6 heteroatoms. The molecule has 1 rings (SSSR count). The molecule has 2 amide bonds. The molecule has 112 valence electrons. The first-order valence-corrected chi connectivity index (χ1v) is 6.63. The van der Waals surface area contributed by atoms with Crippen LogP contribution in [0.4, 0.5) is 0 Å². The molecule has 1 aliphatic heterocycles. The molecule has 1 saturated heterocycles. The number of hydrogen-bond donors (Lipinski definition) is 3. The number of rotatable bonds is 4. The van der Waals surface area contributed by atoms with Crippen molar-refractivity contribution in [2.45, 2.75) is 46.1 Å². The summed E-state index contributed by atoms with van der Waals surface area (Å²) in [7, 11) is 0. The summed E-state index contributed by atoms with van der Waals surface area (Å²) in [6, 6.07) is 0.200. The lowest BCUT2D eigenvalue weighted by Crippen LogP contribution is -2.48. The molecule has 5 nitrogen and oxygen atoms in total. The lowest BCUT2D eigenvalue weighted by Gasteiger charge is -2.24. The van der Waals surface area contributed by atoms with Crippen molar-refractivity contribution in [1.29, 1.82) is 0 Å². The molecule has 0 aromatic heterocycles. The average molecular weight is 292 g/mol. The summed E-state index contributed by atoms with van der Waals surface area (Å²) in [5.74, 6) is -0.176. The first-order chi connectivity index (χ1) is 8.37. The normalized spacial score (nSPS) is 19.2. The van der Waals surface area contributed by atoms with Crippen LogP contribution in [0.25, 0.3) is 0 Å². The van der Waals surface area contributed by atoms with Crippen LogP contribution < -0.4 is 16.0 Å². The number of nitrogens with one attached hydrogen (secondary N) is 3. The van der Waals surface area contributed by atoms with E-state index in [4.69, 9.17) is 0 Å². The van der Waals surface area contributed by atoms with Crippen LogP contribution in [0.2, 0.25) is 0 Å². The van der Waals surface area contributed by atoms with E-state index in [0.717, 1.165) is 25.9 Å². The van der Waals surface area contributed by atoms with Gasteiger partial charge in [-0.1, -0.05) is 20.8 Å². The van der Waals surface area contributed by atoms with Gasteiger partial charge in [-0.2, -0.15) is 0 Å². The first kappa shape index (κ1) is 18.2. The second-order valence-electron chi connectivity index (χ2n) is 6.12. The smallest absolute Gasteiger partial charge is 0.239 e. The highest BCUT2D eigenvalue weighted by Crippen LogP contribution is 2.17. The molecule has 0 spiro atoms. The molecule has 19 heavy (non-hydrogen) atoms. The highest BCUT2D eigenvalue weighted by molar-refractivity contribution is 5.85. The van der Waals surface area contributed by atoms with Crippen LogP contribution in [0.1, 0.15) is 40.0 Å². The zero-order valence-corrected chi connectivity index (χ0v) is 12.9. The second kappa shape index (κ2) is 8.38.